The molecule has 5 aromatic rings. The van der Waals surface area contributed by atoms with Crippen molar-refractivity contribution in [3.8, 4) is 0 Å². The maximum atomic E-state index is 13.3. The summed E-state index contributed by atoms with van der Waals surface area (Å²) in [4.78, 5) is 32.4. The molecule has 0 spiro atoms. The molecule has 3 heterocycles. The number of thiazole rings is 1. The fourth-order valence-corrected chi connectivity index (χ4v) is 6.43. The number of nitro groups is 1. The molecular formula is C30H28N4O3S. The Morgan fingerprint density at radius 1 is 1.05 bits per heavy atom. The lowest BCUT2D eigenvalue weighted by Gasteiger charge is -2.33. The summed E-state index contributed by atoms with van der Waals surface area (Å²) in [5.41, 5.74) is 6.38. The van der Waals surface area contributed by atoms with E-state index in [1.807, 2.05) is 44.2 Å². The maximum Gasteiger partial charge on any atom is 0.293 e. The number of anilines is 1. The van der Waals surface area contributed by atoms with Crippen molar-refractivity contribution in [1.29, 1.82) is 0 Å². The molecule has 0 N–H and O–H groups in total. The number of aromatic nitrogens is 2. The van der Waals surface area contributed by atoms with E-state index in [2.05, 4.69) is 34.1 Å². The van der Waals surface area contributed by atoms with E-state index < -0.39 is 0 Å². The van der Waals surface area contributed by atoms with Crippen molar-refractivity contribution in [2.75, 3.05) is 18.0 Å². The van der Waals surface area contributed by atoms with Gasteiger partial charge in [0.15, 0.2) is 4.96 Å². The second kappa shape index (κ2) is 9.68. The molecule has 38 heavy (non-hydrogen) atoms. The van der Waals surface area contributed by atoms with E-state index in [1.165, 1.54) is 16.9 Å². The van der Waals surface area contributed by atoms with Crippen LogP contribution in [0.5, 0.6) is 0 Å². The van der Waals surface area contributed by atoms with Crippen molar-refractivity contribution in [2.45, 2.75) is 33.1 Å². The lowest BCUT2D eigenvalue weighted by molar-refractivity contribution is -0.384. The van der Waals surface area contributed by atoms with Crippen molar-refractivity contribution < 1.29 is 4.92 Å². The van der Waals surface area contributed by atoms with Crippen LogP contribution >= 0.6 is 11.3 Å². The van der Waals surface area contributed by atoms with Gasteiger partial charge >= 0.3 is 0 Å². The number of nitrogens with zero attached hydrogens (tertiary/aromatic N) is 4. The van der Waals surface area contributed by atoms with Crippen LogP contribution < -0.4 is 15.0 Å². The van der Waals surface area contributed by atoms with Crippen molar-refractivity contribution in [2.24, 2.45) is 5.92 Å². The Morgan fingerprint density at radius 2 is 1.79 bits per heavy atom. The third-order valence-corrected chi connectivity index (χ3v) is 8.64. The minimum Gasteiger partial charge on any atom is -0.366 e. The summed E-state index contributed by atoms with van der Waals surface area (Å²) in [5.74, 6) is 0.581. The Balaban J connectivity index is 1.28. The van der Waals surface area contributed by atoms with Crippen LogP contribution in [0.2, 0.25) is 0 Å². The first-order chi connectivity index (χ1) is 18.4. The van der Waals surface area contributed by atoms with Crippen LogP contribution in [0.3, 0.4) is 0 Å². The van der Waals surface area contributed by atoms with Gasteiger partial charge in [-0.2, -0.15) is 0 Å². The first-order valence-electron chi connectivity index (χ1n) is 12.9. The molecule has 7 nitrogen and oxygen atoms in total. The fourth-order valence-electron chi connectivity index (χ4n) is 5.44. The van der Waals surface area contributed by atoms with Gasteiger partial charge < -0.3 is 4.90 Å². The van der Waals surface area contributed by atoms with Crippen LogP contribution in [-0.4, -0.2) is 27.4 Å². The van der Waals surface area contributed by atoms with Crippen LogP contribution in [0, 0.1) is 29.9 Å². The van der Waals surface area contributed by atoms with Gasteiger partial charge in [-0.3, -0.25) is 14.9 Å². The summed E-state index contributed by atoms with van der Waals surface area (Å²) < 4.78 is 2.15. The summed E-state index contributed by atoms with van der Waals surface area (Å²) in [6, 6.07) is 19.8. The lowest BCUT2D eigenvalue weighted by atomic mass is 9.90. The first-order valence-corrected chi connectivity index (χ1v) is 13.7. The zero-order valence-electron chi connectivity index (χ0n) is 21.4. The van der Waals surface area contributed by atoms with E-state index >= 15 is 0 Å². The molecule has 1 aliphatic rings. The second-order valence-corrected chi connectivity index (χ2v) is 11.2. The molecule has 0 saturated carbocycles. The average molecular weight is 525 g/mol. The molecule has 0 unspecified atom stereocenters. The molecule has 1 saturated heterocycles. The van der Waals surface area contributed by atoms with E-state index in [9.17, 15) is 14.9 Å². The lowest BCUT2D eigenvalue weighted by Crippen LogP contribution is -2.34. The molecule has 3 aromatic carbocycles. The van der Waals surface area contributed by atoms with Crippen LogP contribution in [0.25, 0.3) is 22.1 Å². The topological polar surface area (TPSA) is 80.8 Å². The number of imidazole rings is 1. The van der Waals surface area contributed by atoms with Gasteiger partial charge in [-0.25, -0.2) is 9.38 Å². The van der Waals surface area contributed by atoms with E-state index in [1.54, 1.807) is 16.5 Å². The summed E-state index contributed by atoms with van der Waals surface area (Å²) in [7, 11) is 0. The van der Waals surface area contributed by atoms with Crippen molar-refractivity contribution in [1.82, 2.24) is 9.38 Å². The smallest absolute Gasteiger partial charge is 0.293 e. The molecular weight excluding hydrogens is 496 g/mol. The Labute approximate surface area is 223 Å². The zero-order chi connectivity index (χ0) is 26.4. The summed E-state index contributed by atoms with van der Waals surface area (Å²) in [6.45, 7) is 5.63. The van der Waals surface area contributed by atoms with E-state index in [0.29, 0.717) is 26.7 Å². The fraction of sp³-hybridized carbons (Fsp3) is 0.267. The first kappa shape index (κ1) is 24.3. The van der Waals surface area contributed by atoms with Gasteiger partial charge in [-0.1, -0.05) is 47.7 Å². The molecule has 0 atom stereocenters. The molecule has 1 aliphatic heterocycles. The molecule has 8 heteroatoms. The summed E-state index contributed by atoms with van der Waals surface area (Å²) >= 11 is 1.31. The predicted octanol–water partition coefficient (Wildman–Crippen LogP) is 5.44. The third-order valence-electron chi connectivity index (χ3n) is 7.67. The number of hydrogen-bond donors (Lipinski definition) is 0. The SMILES string of the molecule is Cc1cc2nc3sc(=Cc4ccc(N5CCC(Cc6ccccc6)CC5)c([N+](=O)[O-])c4)c(=O)n3c2cc1C. The highest BCUT2D eigenvalue weighted by atomic mass is 32.1. The molecule has 0 aliphatic carbocycles. The van der Waals surface area contributed by atoms with Gasteiger partial charge in [-0.15, -0.1) is 0 Å². The number of piperidine rings is 1. The minimum absolute atomic E-state index is 0.0746. The van der Waals surface area contributed by atoms with Crippen LogP contribution in [0.15, 0.2) is 65.5 Å². The highest BCUT2D eigenvalue weighted by Crippen LogP contribution is 2.33. The molecule has 1 fully saturated rings. The minimum atomic E-state index is -0.319. The zero-order valence-corrected chi connectivity index (χ0v) is 22.2. The van der Waals surface area contributed by atoms with Gasteiger partial charge in [0.05, 0.1) is 20.5 Å². The van der Waals surface area contributed by atoms with Crippen LogP contribution in [0.4, 0.5) is 11.4 Å². The Kier molecular flexibility index (Phi) is 6.19. The van der Waals surface area contributed by atoms with Crippen molar-refractivity contribution in [3.63, 3.8) is 0 Å². The maximum absolute atomic E-state index is 13.3. The molecule has 192 valence electrons. The number of aryl methyl sites for hydroxylation is 2. The second-order valence-electron chi connectivity index (χ2n) is 10.2. The number of benzene rings is 3. The van der Waals surface area contributed by atoms with Gasteiger partial charge in [0.1, 0.15) is 5.69 Å². The number of fused-ring (bicyclic) bond motifs is 3. The van der Waals surface area contributed by atoms with Crippen molar-refractivity contribution in [3.05, 3.63) is 108 Å². The van der Waals surface area contributed by atoms with Crippen LogP contribution in [-0.2, 0) is 6.42 Å². The molecule has 2 aromatic heterocycles. The summed E-state index contributed by atoms with van der Waals surface area (Å²) in [6.07, 6.45) is 4.78. The quantitative estimate of drug-likeness (QED) is 0.226. The van der Waals surface area contributed by atoms with Gasteiger partial charge in [0, 0.05) is 19.2 Å². The molecule has 0 radical (unpaired) electrons. The number of nitro benzene ring substituents is 1. The van der Waals surface area contributed by atoms with E-state index in [4.69, 9.17) is 0 Å². The highest BCUT2D eigenvalue weighted by Gasteiger charge is 2.25. The van der Waals surface area contributed by atoms with Crippen LogP contribution in [0.1, 0.15) is 35.1 Å². The normalized spacial score (nSPS) is 15.1. The molecule has 0 bridgehead atoms. The monoisotopic (exact) mass is 524 g/mol. The Hall–Kier alpha value is -4.04. The molecule has 6 rings (SSSR count). The largest absolute Gasteiger partial charge is 0.366 e. The average Bonchev–Trinajstić information content (AvgIpc) is 3.40. The predicted molar refractivity (Wildman–Crippen MR) is 153 cm³/mol. The van der Waals surface area contributed by atoms with Gasteiger partial charge in [0.2, 0.25) is 0 Å². The standard InChI is InChI=1S/C30H28N4O3S/c1-19-14-24-26(15-20(19)2)33-29(35)28(38-30(33)31-24)18-23-8-9-25(27(17-23)34(36)37)32-12-10-22(11-13-32)16-21-6-4-3-5-7-21/h3-9,14-15,17-18,22H,10-13,16H2,1-2H3. The molecule has 0 amide bonds. The van der Waals surface area contributed by atoms with Gasteiger partial charge in [0.25, 0.3) is 11.2 Å². The van der Waals surface area contributed by atoms with E-state index in [-0.39, 0.29) is 16.2 Å². The highest BCUT2D eigenvalue weighted by molar-refractivity contribution is 7.15. The van der Waals surface area contributed by atoms with E-state index in [0.717, 1.165) is 54.5 Å². The summed E-state index contributed by atoms with van der Waals surface area (Å²) in [5, 5.41) is 12.0. The third kappa shape index (κ3) is 4.45. The van der Waals surface area contributed by atoms with Gasteiger partial charge in [-0.05, 0) is 85.6 Å². The number of rotatable bonds is 5. The number of hydrogen-bond acceptors (Lipinski definition) is 6. The Morgan fingerprint density at radius 3 is 2.53 bits per heavy atom. The van der Waals surface area contributed by atoms with Crippen molar-refractivity contribution >= 4 is 44.8 Å². The Bertz CT molecular complexity index is 1780.